The highest BCUT2D eigenvalue weighted by Gasteiger charge is 2.39. The molecule has 0 bridgehead atoms. The summed E-state index contributed by atoms with van der Waals surface area (Å²) >= 11 is 0. The standard InChI is InChI=1S/C21H21N3O3/c1-13-8-9-18(20(25)23-13)24-11-17-16(21(24)26)6-3-7-19(17)27-12-14-4-2-5-15(22)10-14/h2-7,10,18H,1,8-9,11-12,22H2,(H,23,25). The second-order valence-electron chi connectivity index (χ2n) is 6.90. The highest BCUT2D eigenvalue weighted by molar-refractivity contribution is 6.02. The SMILES string of the molecule is C=C1CCC(N2Cc3c(OCc4cccc(N)c4)cccc3C2=O)C(=O)N1. The summed E-state index contributed by atoms with van der Waals surface area (Å²) in [5.74, 6) is 0.355. The van der Waals surface area contributed by atoms with E-state index in [-0.39, 0.29) is 11.8 Å². The number of amides is 2. The molecule has 1 fully saturated rings. The van der Waals surface area contributed by atoms with Crippen LogP contribution < -0.4 is 15.8 Å². The largest absolute Gasteiger partial charge is 0.489 e. The molecule has 6 heteroatoms. The zero-order valence-corrected chi connectivity index (χ0v) is 14.9. The summed E-state index contributed by atoms with van der Waals surface area (Å²) in [5, 5.41) is 2.75. The molecule has 1 saturated heterocycles. The van der Waals surface area contributed by atoms with Crippen molar-refractivity contribution in [1.29, 1.82) is 0 Å². The topological polar surface area (TPSA) is 84.7 Å². The molecule has 2 aromatic rings. The molecule has 0 radical (unpaired) electrons. The van der Waals surface area contributed by atoms with Crippen LogP contribution in [0.4, 0.5) is 5.69 Å². The third-order valence-corrected chi connectivity index (χ3v) is 5.00. The number of allylic oxidation sites excluding steroid dienone is 1. The van der Waals surface area contributed by atoms with Crippen molar-refractivity contribution in [3.63, 3.8) is 0 Å². The van der Waals surface area contributed by atoms with Crippen LogP contribution >= 0.6 is 0 Å². The molecule has 6 nitrogen and oxygen atoms in total. The Kier molecular flexibility index (Phi) is 4.32. The van der Waals surface area contributed by atoms with Gasteiger partial charge in [0.25, 0.3) is 5.91 Å². The highest BCUT2D eigenvalue weighted by atomic mass is 16.5. The molecular weight excluding hydrogens is 342 g/mol. The van der Waals surface area contributed by atoms with Gasteiger partial charge in [-0.2, -0.15) is 0 Å². The summed E-state index contributed by atoms with van der Waals surface area (Å²) in [4.78, 5) is 26.8. The lowest BCUT2D eigenvalue weighted by Crippen LogP contribution is -2.49. The maximum absolute atomic E-state index is 12.8. The number of nitrogens with zero attached hydrogens (tertiary/aromatic N) is 1. The summed E-state index contributed by atoms with van der Waals surface area (Å²) in [6.07, 6.45) is 1.26. The summed E-state index contributed by atoms with van der Waals surface area (Å²) in [7, 11) is 0. The van der Waals surface area contributed by atoms with E-state index < -0.39 is 6.04 Å². The van der Waals surface area contributed by atoms with E-state index in [2.05, 4.69) is 11.9 Å². The average Bonchev–Trinajstić information content (AvgIpc) is 2.97. The van der Waals surface area contributed by atoms with Crippen LogP contribution in [0, 0.1) is 0 Å². The van der Waals surface area contributed by atoms with E-state index in [0.717, 1.165) is 11.1 Å². The number of carbonyl (C=O) groups is 2. The Balaban J connectivity index is 1.54. The van der Waals surface area contributed by atoms with Gasteiger partial charge in [0.05, 0.1) is 6.54 Å². The molecule has 0 aliphatic carbocycles. The first kappa shape index (κ1) is 17.1. The number of anilines is 1. The lowest BCUT2D eigenvalue weighted by molar-refractivity contribution is -0.126. The van der Waals surface area contributed by atoms with Gasteiger partial charge in [0, 0.05) is 22.5 Å². The van der Waals surface area contributed by atoms with Gasteiger partial charge in [0.2, 0.25) is 5.91 Å². The smallest absolute Gasteiger partial charge is 0.255 e. The fourth-order valence-electron chi connectivity index (χ4n) is 3.62. The van der Waals surface area contributed by atoms with Crippen LogP contribution in [0.15, 0.2) is 54.7 Å². The molecule has 0 saturated carbocycles. The van der Waals surface area contributed by atoms with Crippen LogP contribution in [0.5, 0.6) is 5.75 Å². The molecule has 2 aliphatic rings. The molecule has 3 N–H and O–H groups in total. The summed E-state index contributed by atoms with van der Waals surface area (Å²) < 4.78 is 5.97. The first-order valence-electron chi connectivity index (χ1n) is 8.91. The van der Waals surface area contributed by atoms with Crippen LogP contribution in [0.1, 0.15) is 34.3 Å². The number of carbonyl (C=O) groups excluding carboxylic acids is 2. The third kappa shape index (κ3) is 3.26. The van der Waals surface area contributed by atoms with Crippen molar-refractivity contribution in [3.05, 3.63) is 71.4 Å². The van der Waals surface area contributed by atoms with Crippen molar-refractivity contribution in [2.24, 2.45) is 0 Å². The van der Waals surface area contributed by atoms with E-state index in [1.165, 1.54) is 0 Å². The Bertz CT molecular complexity index is 938. The van der Waals surface area contributed by atoms with Crippen LogP contribution in [0.25, 0.3) is 0 Å². The zero-order valence-electron chi connectivity index (χ0n) is 14.9. The number of nitrogens with two attached hydrogens (primary N) is 1. The zero-order chi connectivity index (χ0) is 19.0. The van der Waals surface area contributed by atoms with Crippen molar-refractivity contribution < 1.29 is 14.3 Å². The van der Waals surface area contributed by atoms with Gasteiger partial charge in [-0.3, -0.25) is 9.59 Å². The summed E-state index contributed by atoms with van der Waals surface area (Å²) in [5.41, 5.74) is 9.57. The maximum Gasteiger partial charge on any atom is 0.255 e. The van der Waals surface area contributed by atoms with Gasteiger partial charge >= 0.3 is 0 Å². The van der Waals surface area contributed by atoms with Crippen molar-refractivity contribution in [3.8, 4) is 5.75 Å². The minimum Gasteiger partial charge on any atom is -0.489 e. The fourth-order valence-corrected chi connectivity index (χ4v) is 3.62. The van der Waals surface area contributed by atoms with Gasteiger partial charge in [-0.1, -0.05) is 24.8 Å². The van der Waals surface area contributed by atoms with Gasteiger partial charge < -0.3 is 20.7 Å². The molecule has 4 rings (SSSR count). The first-order chi connectivity index (χ1) is 13.0. The number of hydrogen-bond donors (Lipinski definition) is 2. The number of rotatable bonds is 4. The molecule has 1 atom stereocenters. The van der Waals surface area contributed by atoms with E-state index in [1.807, 2.05) is 30.3 Å². The molecule has 2 heterocycles. The summed E-state index contributed by atoms with van der Waals surface area (Å²) in [6, 6.07) is 12.5. The lowest BCUT2D eigenvalue weighted by atomic mass is 10.0. The number of nitrogens with one attached hydrogen (secondary N) is 1. The monoisotopic (exact) mass is 363 g/mol. The van der Waals surface area contributed by atoms with Gasteiger partial charge in [-0.15, -0.1) is 0 Å². The van der Waals surface area contributed by atoms with Gasteiger partial charge in [-0.05, 0) is 42.7 Å². The predicted octanol–water partition coefficient (Wildman–Crippen LogP) is 2.60. The number of piperidine rings is 1. The first-order valence-corrected chi connectivity index (χ1v) is 8.91. The highest BCUT2D eigenvalue weighted by Crippen LogP contribution is 2.34. The summed E-state index contributed by atoms with van der Waals surface area (Å²) in [6.45, 7) is 4.52. The molecule has 2 aliphatic heterocycles. The third-order valence-electron chi connectivity index (χ3n) is 5.00. The molecule has 2 amide bonds. The Morgan fingerprint density at radius 2 is 2.04 bits per heavy atom. The van der Waals surface area contributed by atoms with Gasteiger partial charge in [-0.25, -0.2) is 0 Å². The molecule has 1 unspecified atom stereocenters. The minimum absolute atomic E-state index is 0.132. The lowest BCUT2D eigenvalue weighted by Gasteiger charge is -2.31. The molecule has 0 aromatic heterocycles. The van der Waals surface area contributed by atoms with Crippen molar-refractivity contribution >= 4 is 17.5 Å². The quantitative estimate of drug-likeness (QED) is 0.818. The van der Waals surface area contributed by atoms with E-state index in [1.54, 1.807) is 17.0 Å². The Morgan fingerprint density at radius 3 is 2.81 bits per heavy atom. The second kappa shape index (κ2) is 6.79. The van der Waals surface area contributed by atoms with Crippen LogP contribution in [0.3, 0.4) is 0 Å². The predicted molar refractivity (Wildman–Crippen MR) is 102 cm³/mol. The van der Waals surface area contributed by atoms with E-state index in [9.17, 15) is 9.59 Å². The van der Waals surface area contributed by atoms with E-state index in [0.29, 0.717) is 48.7 Å². The normalized spacial score (nSPS) is 19.0. The van der Waals surface area contributed by atoms with Crippen LogP contribution in [0.2, 0.25) is 0 Å². The van der Waals surface area contributed by atoms with Crippen molar-refractivity contribution in [2.75, 3.05) is 5.73 Å². The fraction of sp³-hybridized carbons (Fsp3) is 0.238. The Morgan fingerprint density at radius 1 is 1.22 bits per heavy atom. The molecule has 27 heavy (non-hydrogen) atoms. The minimum atomic E-state index is -0.475. The maximum atomic E-state index is 12.8. The molecule has 138 valence electrons. The van der Waals surface area contributed by atoms with Gasteiger partial charge in [0.1, 0.15) is 18.4 Å². The Hall–Kier alpha value is -3.28. The number of ether oxygens (including phenoxy) is 1. The molecule has 0 spiro atoms. The second-order valence-corrected chi connectivity index (χ2v) is 6.90. The Labute approximate surface area is 157 Å². The molecule has 2 aromatic carbocycles. The number of nitrogen functional groups attached to an aromatic ring is 1. The average molecular weight is 363 g/mol. The van der Waals surface area contributed by atoms with Crippen LogP contribution in [-0.2, 0) is 17.9 Å². The molecular formula is C21H21N3O3. The van der Waals surface area contributed by atoms with Crippen molar-refractivity contribution in [1.82, 2.24) is 10.2 Å². The van der Waals surface area contributed by atoms with Crippen molar-refractivity contribution in [2.45, 2.75) is 32.0 Å². The van der Waals surface area contributed by atoms with Crippen LogP contribution in [-0.4, -0.2) is 22.8 Å². The van der Waals surface area contributed by atoms with E-state index in [4.69, 9.17) is 10.5 Å². The van der Waals surface area contributed by atoms with Gasteiger partial charge in [0.15, 0.2) is 0 Å². The number of hydrogen-bond acceptors (Lipinski definition) is 4. The number of benzene rings is 2. The number of fused-ring (bicyclic) bond motifs is 1. The van der Waals surface area contributed by atoms with E-state index >= 15 is 0 Å².